The molecule has 0 radical (unpaired) electrons. The largest absolute Gasteiger partial charge is 0.480 e. The molecule has 2 aromatic rings. The van der Waals surface area contributed by atoms with Gasteiger partial charge in [0, 0.05) is 0 Å². The highest BCUT2D eigenvalue weighted by molar-refractivity contribution is 6.02. The van der Waals surface area contributed by atoms with E-state index in [1.807, 2.05) is 4.98 Å². The fourth-order valence-electron chi connectivity index (χ4n) is 2.57. The molecule has 0 saturated carbocycles. The van der Waals surface area contributed by atoms with E-state index in [9.17, 15) is 27.5 Å². The molecule has 1 aromatic carbocycles. The van der Waals surface area contributed by atoms with Crippen LogP contribution in [0.3, 0.4) is 0 Å². The number of hydrogen-bond acceptors (Lipinski definition) is 5. The summed E-state index contributed by atoms with van der Waals surface area (Å²) >= 11 is 0. The molecule has 1 unspecified atom stereocenters. The van der Waals surface area contributed by atoms with Gasteiger partial charge in [-0.15, -0.1) is 0 Å². The van der Waals surface area contributed by atoms with E-state index in [4.69, 9.17) is 5.41 Å². The molecule has 0 amide bonds. The highest BCUT2D eigenvalue weighted by atomic mass is 19.4. The van der Waals surface area contributed by atoms with Crippen LogP contribution in [0.5, 0.6) is 6.01 Å². The van der Waals surface area contributed by atoms with Crippen LogP contribution in [-0.4, -0.2) is 27.5 Å². The topological polar surface area (TPSA) is 102 Å². The summed E-state index contributed by atoms with van der Waals surface area (Å²) in [5.41, 5.74) is -2.26. The van der Waals surface area contributed by atoms with Gasteiger partial charge in [0.15, 0.2) is 0 Å². The van der Waals surface area contributed by atoms with Gasteiger partial charge in [0.1, 0.15) is 18.1 Å². The maximum Gasteiger partial charge on any atom is 0.416 e. The average Bonchev–Trinajstić information content (AvgIpc) is 2.57. The Morgan fingerprint density at radius 3 is 2.37 bits per heavy atom. The SMILES string of the molecule is CC(C)C(Nc1nc(O)[nH]c(=O)c1C(=N)CF)c1ccc(C(F)(F)F)cc1. The second-order valence-corrected chi connectivity index (χ2v) is 6.21. The van der Waals surface area contributed by atoms with E-state index in [2.05, 4.69) is 10.3 Å². The Morgan fingerprint density at radius 2 is 1.89 bits per heavy atom. The Balaban J connectivity index is 2.46. The summed E-state index contributed by atoms with van der Waals surface area (Å²) in [5, 5.41) is 20.0. The van der Waals surface area contributed by atoms with E-state index in [-0.39, 0.29) is 17.3 Å². The number of aromatic nitrogens is 2. The highest BCUT2D eigenvalue weighted by Crippen LogP contribution is 2.32. The Hall–Kier alpha value is -2.91. The Labute approximate surface area is 151 Å². The van der Waals surface area contributed by atoms with Crippen molar-refractivity contribution in [1.29, 1.82) is 5.41 Å². The van der Waals surface area contributed by atoms with Gasteiger partial charge < -0.3 is 15.8 Å². The van der Waals surface area contributed by atoms with Crippen LogP contribution in [0.15, 0.2) is 29.1 Å². The van der Waals surface area contributed by atoms with Crippen LogP contribution in [-0.2, 0) is 6.18 Å². The lowest BCUT2D eigenvalue weighted by Crippen LogP contribution is -2.26. The molecule has 0 spiro atoms. The lowest BCUT2D eigenvalue weighted by atomic mass is 9.94. The van der Waals surface area contributed by atoms with E-state index >= 15 is 0 Å². The molecule has 10 heteroatoms. The number of H-pyrrole nitrogens is 1. The summed E-state index contributed by atoms with van der Waals surface area (Å²) in [6.45, 7) is 2.34. The minimum atomic E-state index is -4.47. The van der Waals surface area contributed by atoms with Crippen LogP contribution in [0.1, 0.15) is 36.6 Å². The maximum atomic E-state index is 12.9. The fraction of sp³-hybridized carbons (Fsp3) is 0.353. The monoisotopic (exact) mass is 386 g/mol. The van der Waals surface area contributed by atoms with Crippen molar-refractivity contribution >= 4 is 11.5 Å². The first-order chi connectivity index (χ1) is 12.5. The zero-order valence-electron chi connectivity index (χ0n) is 14.5. The molecule has 1 atom stereocenters. The molecular formula is C17H18F4N4O2. The maximum absolute atomic E-state index is 12.9. The molecule has 0 fully saturated rings. The molecule has 0 aliphatic rings. The van der Waals surface area contributed by atoms with Crippen molar-refractivity contribution in [3.8, 4) is 6.01 Å². The minimum absolute atomic E-state index is 0.169. The Kier molecular flexibility index (Phi) is 5.87. The molecule has 0 aliphatic carbocycles. The molecule has 0 bridgehead atoms. The van der Waals surface area contributed by atoms with Crippen molar-refractivity contribution in [1.82, 2.24) is 9.97 Å². The molecule has 0 aliphatic heterocycles. The molecule has 1 heterocycles. The predicted octanol–water partition coefficient (Wildman–Crippen LogP) is 3.64. The van der Waals surface area contributed by atoms with Gasteiger partial charge in [0.05, 0.1) is 17.3 Å². The van der Waals surface area contributed by atoms with Crippen LogP contribution in [0.2, 0.25) is 0 Å². The molecular weight excluding hydrogens is 368 g/mol. The third-order valence-corrected chi connectivity index (χ3v) is 3.90. The molecule has 146 valence electrons. The summed E-state index contributed by atoms with van der Waals surface area (Å²) in [4.78, 5) is 17.7. The third kappa shape index (κ3) is 4.63. The highest BCUT2D eigenvalue weighted by Gasteiger charge is 2.30. The first-order valence-corrected chi connectivity index (χ1v) is 7.95. The van der Waals surface area contributed by atoms with Gasteiger partial charge in [-0.25, -0.2) is 4.39 Å². The third-order valence-electron chi connectivity index (χ3n) is 3.90. The molecule has 0 saturated heterocycles. The van der Waals surface area contributed by atoms with E-state index in [0.29, 0.717) is 5.56 Å². The lowest BCUT2D eigenvalue weighted by Gasteiger charge is -2.25. The van der Waals surface area contributed by atoms with Crippen LogP contribution in [0, 0.1) is 11.3 Å². The number of aromatic hydroxyl groups is 1. The number of rotatable bonds is 6. The smallest absolute Gasteiger partial charge is 0.416 e. The Morgan fingerprint density at radius 1 is 1.30 bits per heavy atom. The fourth-order valence-corrected chi connectivity index (χ4v) is 2.57. The number of aromatic amines is 1. The van der Waals surface area contributed by atoms with Gasteiger partial charge in [-0.3, -0.25) is 9.78 Å². The minimum Gasteiger partial charge on any atom is -0.480 e. The summed E-state index contributed by atoms with van der Waals surface area (Å²) in [7, 11) is 0. The van der Waals surface area contributed by atoms with Crippen molar-refractivity contribution in [3.63, 3.8) is 0 Å². The molecule has 2 rings (SSSR count). The molecule has 4 N–H and O–H groups in total. The van der Waals surface area contributed by atoms with E-state index in [1.54, 1.807) is 13.8 Å². The standard InChI is InChI=1S/C17H18F4N4O2/c1-8(2)13(9-3-5-10(6-4-9)17(19,20)21)23-14-12(11(22)7-18)15(26)25-16(27)24-14/h3-6,8,13,22H,7H2,1-2H3,(H3,23,24,25,26,27). The second kappa shape index (κ2) is 7.77. The van der Waals surface area contributed by atoms with Crippen molar-refractivity contribution < 1.29 is 22.7 Å². The Bertz CT molecular complexity index is 876. The summed E-state index contributed by atoms with van der Waals surface area (Å²) in [5.74, 6) is -0.394. The van der Waals surface area contributed by atoms with E-state index in [1.165, 1.54) is 12.1 Å². The second-order valence-electron chi connectivity index (χ2n) is 6.21. The van der Waals surface area contributed by atoms with Crippen molar-refractivity contribution in [3.05, 3.63) is 51.3 Å². The summed E-state index contributed by atoms with van der Waals surface area (Å²) in [6.07, 6.45) is -4.47. The van der Waals surface area contributed by atoms with Gasteiger partial charge in [0.2, 0.25) is 0 Å². The number of benzene rings is 1. The van der Waals surface area contributed by atoms with Crippen LogP contribution >= 0.6 is 0 Å². The van der Waals surface area contributed by atoms with Crippen molar-refractivity contribution in [2.75, 3.05) is 12.0 Å². The van der Waals surface area contributed by atoms with Crippen LogP contribution in [0.25, 0.3) is 0 Å². The van der Waals surface area contributed by atoms with Crippen LogP contribution in [0.4, 0.5) is 23.4 Å². The van der Waals surface area contributed by atoms with Gasteiger partial charge in [-0.1, -0.05) is 26.0 Å². The van der Waals surface area contributed by atoms with Gasteiger partial charge >= 0.3 is 6.18 Å². The van der Waals surface area contributed by atoms with E-state index in [0.717, 1.165) is 12.1 Å². The van der Waals surface area contributed by atoms with Crippen LogP contribution < -0.4 is 10.9 Å². The summed E-state index contributed by atoms with van der Waals surface area (Å²) in [6, 6.07) is 3.10. The predicted molar refractivity (Wildman–Crippen MR) is 92.0 cm³/mol. The average molecular weight is 386 g/mol. The molecule has 6 nitrogen and oxygen atoms in total. The zero-order chi connectivity index (χ0) is 20.4. The van der Waals surface area contributed by atoms with Crippen molar-refractivity contribution in [2.45, 2.75) is 26.1 Å². The molecule has 27 heavy (non-hydrogen) atoms. The van der Waals surface area contributed by atoms with Gasteiger partial charge in [0.25, 0.3) is 11.6 Å². The van der Waals surface area contributed by atoms with Gasteiger partial charge in [-0.2, -0.15) is 18.2 Å². The number of nitrogens with one attached hydrogen (secondary N) is 3. The zero-order valence-corrected chi connectivity index (χ0v) is 14.5. The number of alkyl halides is 4. The van der Waals surface area contributed by atoms with Gasteiger partial charge in [-0.05, 0) is 23.6 Å². The van der Waals surface area contributed by atoms with E-state index < -0.39 is 41.7 Å². The number of halogens is 4. The first-order valence-electron chi connectivity index (χ1n) is 7.95. The number of anilines is 1. The number of hydrogen-bond donors (Lipinski definition) is 4. The lowest BCUT2D eigenvalue weighted by molar-refractivity contribution is -0.137. The molecule has 1 aromatic heterocycles. The normalized spacial score (nSPS) is 12.9. The quantitative estimate of drug-likeness (QED) is 0.450. The first kappa shape index (κ1) is 20.4. The number of nitrogens with zero attached hydrogens (tertiary/aromatic N) is 1. The summed E-state index contributed by atoms with van der Waals surface area (Å²) < 4.78 is 51.1. The van der Waals surface area contributed by atoms with Crippen molar-refractivity contribution in [2.24, 2.45) is 5.92 Å².